The quantitative estimate of drug-likeness (QED) is 0.278. The first-order valence-electron chi connectivity index (χ1n) is 11.8. The number of carbonyl (C=O) groups is 2. The molecule has 0 spiro atoms. The second-order valence-electron chi connectivity index (χ2n) is 8.53. The summed E-state index contributed by atoms with van der Waals surface area (Å²) < 4.78 is 0. The van der Waals surface area contributed by atoms with Crippen molar-refractivity contribution in [3.63, 3.8) is 0 Å². The van der Waals surface area contributed by atoms with Gasteiger partial charge in [0.15, 0.2) is 0 Å². The van der Waals surface area contributed by atoms with E-state index in [4.69, 9.17) is 0 Å². The minimum Gasteiger partial charge on any atom is -0.322 e. The standard InChI is InChI=1S/C32H28N2O2/c1-23-21-27(15-17-29(23)33-31(35)19-13-25-9-5-3-6-10-25)28-16-18-30(24(2)22-28)34-32(36)20-14-26-11-7-4-8-12-26/h3-22H,1-2H3,(H,33,35)(H,34,36). The van der Waals surface area contributed by atoms with Crippen LogP contribution in [0.1, 0.15) is 22.3 Å². The summed E-state index contributed by atoms with van der Waals surface area (Å²) >= 11 is 0. The van der Waals surface area contributed by atoms with Gasteiger partial charge in [-0.05, 0) is 83.6 Å². The Hall–Kier alpha value is -4.70. The molecule has 0 saturated carbocycles. The van der Waals surface area contributed by atoms with Crippen LogP contribution in [-0.4, -0.2) is 11.8 Å². The van der Waals surface area contributed by atoms with Gasteiger partial charge in [-0.2, -0.15) is 0 Å². The first kappa shape index (κ1) is 24.4. The van der Waals surface area contributed by atoms with Crippen LogP contribution >= 0.6 is 0 Å². The lowest BCUT2D eigenvalue weighted by Crippen LogP contribution is -2.09. The fraction of sp³-hybridized carbons (Fsp3) is 0.0625. The van der Waals surface area contributed by atoms with E-state index in [0.29, 0.717) is 0 Å². The Morgan fingerprint density at radius 3 is 1.31 bits per heavy atom. The van der Waals surface area contributed by atoms with Crippen molar-refractivity contribution in [3.8, 4) is 11.1 Å². The fourth-order valence-corrected chi connectivity index (χ4v) is 3.79. The smallest absolute Gasteiger partial charge is 0.248 e. The Bertz CT molecular complexity index is 1310. The topological polar surface area (TPSA) is 58.2 Å². The number of rotatable bonds is 7. The van der Waals surface area contributed by atoms with E-state index in [1.807, 2.05) is 111 Å². The minimum absolute atomic E-state index is 0.174. The summed E-state index contributed by atoms with van der Waals surface area (Å²) in [5, 5.41) is 5.89. The van der Waals surface area contributed by atoms with Gasteiger partial charge < -0.3 is 10.6 Å². The molecule has 178 valence electrons. The van der Waals surface area contributed by atoms with Gasteiger partial charge in [0.2, 0.25) is 11.8 Å². The Morgan fingerprint density at radius 2 is 0.944 bits per heavy atom. The maximum atomic E-state index is 12.4. The van der Waals surface area contributed by atoms with Gasteiger partial charge in [0.1, 0.15) is 0 Å². The van der Waals surface area contributed by atoms with Gasteiger partial charge in [-0.1, -0.05) is 72.8 Å². The molecule has 0 fully saturated rings. The van der Waals surface area contributed by atoms with Crippen molar-refractivity contribution in [3.05, 3.63) is 131 Å². The highest BCUT2D eigenvalue weighted by atomic mass is 16.2. The molecule has 0 saturated heterocycles. The van der Waals surface area contributed by atoms with Gasteiger partial charge in [-0.15, -0.1) is 0 Å². The van der Waals surface area contributed by atoms with E-state index >= 15 is 0 Å². The Labute approximate surface area is 212 Å². The number of hydrogen-bond donors (Lipinski definition) is 2. The second kappa shape index (κ2) is 11.6. The highest BCUT2D eigenvalue weighted by molar-refractivity contribution is 6.03. The van der Waals surface area contributed by atoms with Crippen molar-refractivity contribution < 1.29 is 9.59 Å². The third kappa shape index (κ3) is 6.67. The summed E-state index contributed by atoms with van der Waals surface area (Å²) in [5.74, 6) is -0.348. The zero-order chi connectivity index (χ0) is 25.3. The Morgan fingerprint density at radius 1 is 0.556 bits per heavy atom. The third-order valence-electron chi connectivity index (χ3n) is 5.76. The summed E-state index contributed by atoms with van der Waals surface area (Å²) in [6, 6.07) is 31.3. The lowest BCUT2D eigenvalue weighted by Gasteiger charge is -2.12. The molecule has 0 heterocycles. The highest BCUT2D eigenvalue weighted by Gasteiger charge is 2.08. The average molecular weight is 473 g/mol. The summed E-state index contributed by atoms with van der Waals surface area (Å²) in [6.45, 7) is 3.95. The molecule has 4 heteroatoms. The van der Waals surface area contributed by atoms with Crippen LogP contribution in [0.2, 0.25) is 0 Å². The van der Waals surface area contributed by atoms with E-state index in [0.717, 1.165) is 44.8 Å². The van der Waals surface area contributed by atoms with Crippen LogP contribution in [0.3, 0.4) is 0 Å². The number of anilines is 2. The number of benzene rings is 4. The molecule has 0 aliphatic rings. The van der Waals surface area contributed by atoms with Gasteiger partial charge in [-0.3, -0.25) is 9.59 Å². The molecule has 0 bridgehead atoms. The van der Waals surface area contributed by atoms with E-state index in [1.54, 1.807) is 12.2 Å². The van der Waals surface area contributed by atoms with E-state index in [9.17, 15) is 9.59 Å². The first-order valence-corrected chi connectivity index (χ1v) is 11.8. The molecule has 0 unspecified atom stereocenters. The van der Waals surface area contributed by atoms with Crippen molar-refractivity contribution in [2.24, 2.45) is 0 Å². The molecule has 0 aliphatic carbocycles. The maximum Gasteiger partial charge on any atom is 0.248 e. The van der Waals surface area contributed by atoms with E-state index in [-0.39, 0.29) is 11.8 Å². The highest BCUT2D eigenvalue weighted by Crippen LogP contribution is 2.28. The molecule has 0 radical (unpaired) electrons. The van der Waals surface area contributed by atoms with Crippen molar-refractivity contribution in [1.29, 1.82) is 0 Å². The van der Waals surface area contributed by atoms with Crippen LogP contribution in [-0.2, 0) is 9.59 Å². The summed E-state index contributed by atoms with van der Waals surface area (Å²) in [7, 11) is 0. The third-order valence-corrected chi connectivity index (χ3v) is 5.76. The number of aryl methyl sites for hydroxylation is 2. The first-order chi connectivity index (χ1) is 17.5. The van der Waals surface area contributed by atoms with Gasteiger partial charge in [0.25, 0.3) is 0 Å². The number of nitrogens with one attached hydrogen (secondary N) is 2. The summed E-state index contributed by atoms with van der Waals surface area (Å²) in [4.78, 5) is 24.7. The molecule has 36 heavy (non-hydrogen) atoms. The average Bonchev–Trinajstić information content (AvgIpc) is 2.90. The molecule has 2 amide bonds. The Kier molecular flexibility index (Phi) is 7.89. The van der Waals surface area contributed by atoms with E-state index < -0.39 is 0 Å². The predicted octanol–water partition coefficient (Wildman–Crippen LogP) is 7.27. The second-order valence-corrected chi connectivity index (χ2v) is 8.53. The predicted molar refractivity (Wildman–Crippen MR) is 150 cm³/mol. The number of hydrogen-bond acceptors (Lipinski definition) is 2. The van der Waals surface area contributed by atoms with Crippen LogP contribution in [0, 0.1) is 13.8 Å². The normalized spacial score (nSPS) is 11.1. The molecule has 4 aromatic rings. The molecule has 4 rings (SSSR count). The zero-order valence-electron chi connectivity index (χ0n) is 20.4. The molecular formula is C32H28N2O2. The van der Waals surface area contributed by atoms with Crippen LogP contribution in [0.25, 0.3) is 23.3 Å². The molecule has 0 atom stereocenters. The van der Waals surface area contributed by atoms with Gasteiger partial charge in [-0.25, -0.2) is 0 Å². The summed E-state index contributed by atoms with van der Waals surface area (Å²) in [5.41, 5.74) is 7.50. The number of amides is 2. The SMILES string of the molecule is Cc1cc(-c2ccc(NC(=O)C=Cc3ccccc3)c(C)c2)ccc1NC(=O)C=Cc1ccccc1. The summed E-state index contributed by atoms with van der Waals surface area (Å²) in [6.07, 6.45) is 6.65. The molecule has 0 aliphatic heterocycles. The largest absolute Gasteiger partial charge is 0.322 e. The van der Waals surface area contributed by atoms with Crippen molar-refractivity contribution in [1.82, 2.24) is 0 Å². The van der Waals surface area contributed by atoms with Gasteiger partial charge in [0.05, 0.1) is 0 Å². The molecule has 4 aromatic carbocycles. The lowest BCUT2D eigenvalue weighted by molar-refractivity contribution is -0.112. The van der Waals surface area contributed by atoms with E-state index in [1.165, 1.54) is 12.2 Å². The van der Waals surface area contributed by atoms with Crippen molar-refractivity contribution in [2.45, 2.75) is 13.8 Å². The zero-order valence-corrected chi connectivity index (χ0v) is 20.4. The number of carbonyl (C=O) groups excluding carboxylic acids is 2. The van der Waals surface area contributed by atoms with Crippen LogP contribution in [0.4, 0.5) is 11.4 Å². The van der Waals surface area contributed by atoms with Gasteiger partial charge in [0, 0.05) is 23.5 Å². The Balaban J connectivity index is 1.40. The van der Waals surface area contributed by atoms with Gasteiger partial charge >= 0.3 is 0 Å². The minimum atomic E-state index is -0.174. The molecular weight excluding hydrogens is 444 g/mol. The van der Waals surface area contributed by atoms with Crippen molar-refractivity contribution in [2.75, 3.05) is 10.6 Å². The monoisotopic (exact) mass is 472 g/mol. The van der Waals surface area contributed by atoms with Crippen molar-refractivity contribution >= 4 is 35.3 Å². The fourth-order valence-electron chi connectivity index (χ4n) is 3.79. The van der Waals surface area contributed by atoms with E-state index in [2.05, 4.69) is 10.6 Å². The molecule has 0 aromatic heterocycles. The molecule has 2 N–H and O–H groups in total. The lowest BCUT2D eigenvalue weighted by atomic mass is 10.00. The maximum absolute atomic E-state index is 12.4. The van der Waals surface area contributed by atoms with Crippen LogP contribution in [0.15, 0.2) is 109 Å². The van der Waals surface area contributed by atoms with Crippen LogP contribution in [0.5, 0.6) is 0 Å². The molecule has 4 nitrogen and oxygen atoms in total. The van der Waals surface area contributed by atoms with Crippen LogP contribution < -0.4 is 10.6 Å².